The van der Waals surface area contributed by atoms with Crippen LogP contribution in [-0.2, 0) is 0 Å². The van der Waals surface area contributed by atoms with Gasteiger partial charge in [-0.05, 0) is 42.5 Å². The topological polar surface area (TPSA) is 75.0 Å². The van der Waals surface area contributed by atoms with Crippen LogP contribution in [0.5, 0.6) is 0 Å². The van der Waals surface area contributed by atoms with Gasteiger partial charge in [0.05, 0.1) is 17.4 Å². The van der Waals surface area contributed by atoms with Gasteiger partial charge in [-0.1, -0.05) is 0 Å². The third-order valence-corrected chi connectivity index (χ3v) is 3.25. The minimum Gasteiger partial charge on any atom is -0.399 e. The van der Waals surface area contributed by atoms with E-state index in [1.807, 2.05) is 18.2 Å². The molecule has 5 nitrogen and oxygen atoms in total. The third kappa shape index (κ3) is 2.09. The van der Waals surface area contributed by atoms with Gasteiger partial charge >= 0.3 is 0 Å². The Kier molecular flexibility index (Phi) is 2.87. The molecule has 0 spiro atoms. The monoisotopic (exact) mass is 266 g/mol. The molecule has 0 fully saturated rings. The predicted octanol–water partition coefficient (Wildman–Crippen LogP) is 2.42. The lowest BCUT2D eigenvalue weighted by Gasteiger charge is -2.17. The fraction of sp³-hybridized carbons (Fsp3) is 0.0667. The molecule has 2 aromatic carbocycles. The van der Waals surface area contributed by atoms with E-state index in [1.165, 1.54) is 0 Å². The van der Waals surface area contributed by atoms with E-state index >= 15 is 0 Å². The minimum atomic E-state index is -0.0798. The number of aromatic amines is 1. The Labute approximate surface area is 116 Å². The highest BCUT2D eigenvalue weighted by atomic mass is 16.2. The number of aromatic nitrogens is 2. The van der Waals surface area contributed by atoms with E-state index in [2.05, 4.69) is 9.97 Å². The number of nitrogens with two attached hydrogens (primary N) is 1. The van der Waals surface area contributed by atoms with Gasteiger partial charge in [-0.15, -0.1) is 0 Å². The van der Waals surface area contributed by atoms with Crippen molar-refractivity contribution in [3.05, 3.63) is 54.4 Å². The van der Waals surface area contributed by atoms with Gasteiger partial charge in [-0.25, -0.2) is 4.98 Å². The van der Waals surface area contributed by atoms with Crippen LogP contribution in [0, 0.1) is 0 Å². The van der Waals surface area contributed by atoms with E-state index in [4.69, 9.17) is 5.73 Å². The van der Waals surface area contributed by atoms with Crippen LogP contribution in [0.4, 0.5) is 11.4 Å². The van der Waals surface area contributed by atoms with E-state index in [0.717, 1.165) is 16.7 Å². The van der Waals surface area contributed by atoms with E-state index < -0.39 is 0 Å². The van der Waals surface area contributed by atoms with Crippen molar-refractivity contribution in [1.29, 1.82) is 0 Å². The highest BCUT2D eigenvalue weighted by molar-refractivity contribution is 6.06. The number of hydrogen-bond donors (Lipinski definition) is 2. The number of rotatable bonds is 2. The third-order valence-electron chi connectivity index (χ3n) is 3.25. The predicted molar refractivity (Wildman–Crippen MR) is 79.7 cm³/mol. The van der Waals surface area contributed by atoms with Crippen molar-refractivity contribution in [3.8, 4) is 0 Å². The number of carbonyl (C=O) groups is 1. The molecule has 1 amide bonds. The first kappa shape index (κ1) is 12.2. The van der Waals surface area contributed by atoms with Gasteiger partial charge in [0.1, 0.15) is 0 Å². The highest BCUT2D eigenvalue weighted by Gasteiger charge is 2.13. The molecule has 100 valence electrons. The summed E-state index contributed by atoms with van der Waals surface area (Å²) in [6.07, 6.45) is 1.64. The van der Waals surface area contributed by atoms with Gasteiger partial charge in [-0.3, -0.25) is 4.79 Å². The summed E-state index contributed by atoms with van der Waals surface area (Å²) in [6.45, 7) is 0. The lowest BCUT2D eigenvalue weighted by Crippen LogP contribution is -2.26. The van der Waals surface area contributed by atoms with Crippen molar-refractivity contribution in [2.45, 2.75) is 0 Å². The van der Waals surface area contributed by atoms with E-state index in [9.17, 15) is 4.79 Å². The SMILES string of the molecule is CN(C(=O)c1ccc(N)cc1)c1ccc2nc[nH]c2c1. The molecule has 0 radical (unpaired) electrons. The van der Waals surface area contributed by atoms with Crippen molar-refractivity contribution in [2.24, 2.45) is 0 Å². The molecule has 5 heteroatoms. The second-order valence-corrected chi connectivity index (χ2v) is 4.59. The molecule has 1 heterocycles. The summed E-state index contributed by atoms with van der Waals surface area (Å²) in [4.78, 5) is 21.2. The number of fused-ring (bicyclic) bond motifs is 1. The summed E-state index contributed by atoms with van der Waals surface area (Å²) in [7, 11) is 1.75. The summed E-state index contributed by atoms with van der Waals surface area (Å²) in [5, 5.41) is 0. The van der Waals surface area contributed by atoms with Crippen molar-refractivity contribution in [3.63, 3.8) is 0 Å². The molecule has 3 rings (SSSR count). The fourth-order valence-corrected chi connectivity index (χ4v) is 2.07. The Morgan fingerprint density at radius 3 is 2.70 bits per heavy atom. The number of imidazole rings is 1. The van der Waals surface area contributed by atoms with Crippen LogP contribution in [0.1, 0.15) is 10.4 Å². The Bertz CT molecular complexity index is 761. The number of anilines is 2. The smallest absolute Gasteiger partial charge is 0.258 e. The van der Waals surface area contributed by atoms with Gasteiger partial charge in [-0.2, -0.15) is 0 Å². The highest BCUT2D eigenvalue weighted by Crippen LogP contribution is 2.20. The zero-order chi connectivity index (χ0) is 14.1. The molecule has 0 aliphatic rings. The van der Waals surface area contributed by atoms with Gasteiger partial charge in [0.25, 0.3) is 5.91 Å². The van der Waals surface area contributed by atoms with Gasteiger partial charge in [0.15, 0.2) is 0 Å². The van der Waals surface area contributed by atoms with Crippen LogP contribution >= 0.6 is 0 Å². The minimum absolute atomic E-state index is 0.0798. The molecular formula is C15H14N4O. The van der Waals surface area contributed by atoms with E-state index in [1.54, 1.807) is 42.5 Å². The maximum Gasteiger partial charge on any atom is 0.258 e. The van der Waals surface area contributed by atoms with Crippen molar-refractivity contribution >= 4 is 28.3 Å². The number of nitrogen functional groups attached to an aromatic ring is 1. The summed E-state index contributed by atoms with van der Waals surface area (Å²) >= 11 is 0. The fourth-order valence-electron chi connectivity index (χ4n) is 2.07. The number of amides is 1. The van der Waals surface area contributed by atoms with Gasteiger partial charge in [0, 0.05) is 24.0 Å². The van der Waals surface area contributed by atoms with Crippen molar-refractivity contribution in [2.75, 3.05) is 17.7 Å². The van der Waals surface area contributed by atoms with Crippen LogP contribution in [0.15, 0.2) is 48.8 Å². The molecule has 3 N–H and O–H groups in total. The normalized spacial score (nSPS) is 10.7. The molecule has 0 atom stereocenters. The largest absolute Gasteiger partial charge is 0.399 e. The number of carbonyl (C=O) groups excluding carboxylic acids is 1. The maximum absolute atomic E-state index is 12.4. The Morgan fingerprint density at radius 2 is 1.95 bits per heavy atom. The van der Waals surface area contributed by atoms with Gasteiger partial charge in [0.2, 0.25) is 0 Å². The summed E-state index contributed by atoms with van der Waals surface area (Å²) < 4.78 is 0. The summed E-state index contributed by atoms with van der Waals surface area (Å²) in [5.74, 6) is -0.0798. The lowest BCUT2D eigenvalue weighted by molar-refractivity contribution is 0.0993. The molecule has 20 heavy (non-hydrogen) atoms. The average Bonchev–Trinajstić information content (AvgIpc) is 2.94. The van der Waals surface area contributed by atoms with Crippen LogP contribution < -0.4 is 10.6 Å². The number of hydrogen-bond acceptors (Lipinski definition) is 3. The first-order valence-corrected chi connectivity index (χ1v) is 6.22. The summed E-state index contributed by atoms with van der Waals surface area (Å²) in [6, 6.07) is 12.5. The average molecular weight is 266 g/mol. The zero-order valence-corrected chi connectivity index (χ0v) is 11.0. The molecule has 0 bridgehead atoms. The first-order valence-electron chi connectivity index (χ1n) is 6.22. The molecule has 0 aliphatic heterocycles. The number of nitrogens with one attached hydrogen (secondary N) is 1. The Hall–Kier alpha value is -2.82. The molecule has 0 saturated heterocycles. The molecule has 1 aromatic heterocycles. The quantitative estimate of drug-likeness (QED) is 0.699. The standard InChI is InChI=1S/C15H14N4O/c1-19(15(20)10-2-4-11(16)5-3-10)12-6-7-13-14(8-12)18-9-17-13/h2-9H,16H2,1H3,(H,17,18). The molecular weight excluding hydrogens is 252 g/mol. The Morgan fingerprint density at radius 1 is 1.20 bits per heavy atom. The van der Waals surface area contributed by atoms with Crippen LogP contribution in [-0.4, -0.2) is 22.9 Å². The van der Waals surface area contributed by atoms with Crippen LogP contribution in [0.25, 0.3) is 11.0 Å². The molecule has 0 aliphatic carbocycles. The summed E-state index contributed by atoms with van der Waals surface area (Å²) in [5.41, 5.74) is 9.46. The Balaban J connectivity index is 1.92. The maximum atomic E-state index is 12.4. The van der Waals surface area contributed by atoms with Gasteiger partial charge < -0.3 is 15.6 Å². The van der Waals surface area contributed by atoms with Crippen LogP contribution in [0.2, 0.25) is 0 Å². The lowest BCUT2D eigenvalue weighted by atomic mass is 10.1. The second kappa shape index (κ2) is 4.70. The number of benzene rings is 2. The van der Waals surface area contributed by atoms with Crippen LogP contribution in [0.3, 0.4) is 0 Å². The number of nitrogens with zero attached hydrogens (tertiary/aromatic N) is 2. The van der Waals surface area contributed by atoms with E-state index in [0.29, 0.717) is 11.3 Å². The molecule has 0 unspecified atom stereocenters. The molecule has 0 saturated carbocycles. The van der Waals surface area contributed by atoms with Crippen molar-refractivity contribution in [1.82, 2.24) is 9.97 Å². The number of H-pyrrole nitrogens is 1. The van der Waals surface area contributed by atoms with E-state index in [-0.39, 0.29) is 5.91 Å². The second-order valence-electron chi connectivity index (χ2n) is 4.59. The first-order chi connectivity index (χ1) is 9.65. The van der Waals surface area contributed by atoms with Crippen molar-refractivity contribution < 1.29 is 4.79 Å². The molecule has 3 aromatic rings. The zero-order valence-electron chi connectivity index (χ0n) is 11.0.